The summed E-state index contributed by atoms with van der Waals surface area (Å²) in [5.74, 6) is -1.81. The van der Waals surface area contributed by atoms with Crippen LogP contribution in [0.3, 0.4) is 0 Å². The second-order valence-corrected chi connectivity index (χ2v) is 9.49. The molecule has 4 rings (SSSR count). The van der Waals surface area contributed by atoms with Crippen LogP contribution in [0.25, 0.3) is 0 Å². The molecule has 0 aliphatic carbocycles. The summed E-state index contributed by atoms with van der Waals surface area (Å²) in [6.45, 7) is 7.64. The Morgan fingerprint density at radius 1 is 1.12 bits per heavy atom. The molecular weight excluding hydrogens is 402 g/mol. The quantitative estimate of drug-likeness (QED) is 0.768. The van der Waals surface area contributed by atoms with Crippen LogP contribution in [0.2, 0.25) is 0 Å². The van der Waals surface area contributed by atoms with E-state index in [1.165, 1.54) is 0 Å². The number of carbonyl (C=O) groups excluding carboxylic acids is 2. The summed E-state index contributed by atoms with van der Waals surface area (Å²) in [4.78, 5) is 35.4. The molecule has 2 aromatic rings. The third-order valence-corrected chi connectivity index (χ3v) is 6.21. The predicted octanol–water partition coefficient (Wildman–Crippen LogP) is 3.99. The highest BCUT2D eigenvalue weighted by Crippen LogP contribution is 2.35. The number of nitrogens with one attached hydrogen (secondary N) is 2. The fourth-order valence-corrected chi connectivity index (χ4v) is 4.59. The molecule has 2 N–H and O–H groups in total. The summed E-state index contributed by atoms with van der Waals surface area (Å²) in [5, 5.41) is 5.82. The molecular formula is C25H31N5O2. The summed E-state index contributed by atoms with van der Waals surface area (Å²) < 4.78 is 0. The second-order valence-electron chi connectivity index (χ2n) is 9.49. The number of benzodiazepines with no additional fused rings is 1. The standard InChI is InChI=1S/C25H31N5O2/c1-18-9-7-11-20(15-18)27-23(32)28-25(30-14-8-13-24(2,3)17-30)22(31)29(4)21-12-6-5-10-19(21)16-26-25/h5-7,9-12,15-16H,8,13-14,17H2,1-4H3,(H2,27,28,32). The Bertz CT molecular complexity index is 1060. The van der Waals surface area contributed by atoms with Crippen molar-refractivity contribution in [1.82, 2.24) is 10.2 Å². The molecule has 32 heavy (non-hydrogen) atoms. The first kappa shape index (κ1) is 22.0. The van der Waals surface area contributed by atoms with Gasteiger partial charge in [-0.3, -0.25) is 15.0 Å². The maximum Gasteiger partial charge on any atom is 0.322 e. The molecule has 0 bridgehead atoms. The fourth-order valence-electron chi connectivity index (χ4n) is 4.59. The minimum absolute atomic E-state index is 0.00742. The number of anilines is 2. The van der Waals surface area contributed by atoms with Gasteiger partial charge in [-0.1, -0.05) is 44.2 Å². The second kappa shape index (κ2) is 8.39. The molecule has 2 aliphatic heterocycles. The lowest BCUT2D eigenvalue weighted by molar-refractivity contribution is -0.134. The maximum atomic E-state index is 13.9. The molecule has 1 atom stereocenters. The number of amides is 3. The summed E-state index contributed by atoms with van der Waals surface area (Å²) in [6, 6.07) is 14.7. The number of likely N-dealkylation sites (tertiary alicyclic amines) is 1. The van der Waals surface area contributed by atoms with E-state index < -0.39 is 11.8 Å². The zero-order valence-electron chi connectivity index (χ0n) is 19.2. The van der Waals surface area contributed by atoms with Gasteiger partial charge in [0.25, 0.3) is 11.7 Å². The van der Waals surface area contributed by atoms with Gasteiger partial charge in [0, 0.05) is 37.6 Å². The molecule has 168 valence electrons. The van der Waals surface area contributed by atoms with Gasteiger partial charge in [0.05, 0.1) is 5.69 Å². The Labute approximate surface area is 189 Å². The van der Waals surface area contributed by atoms with Crippen molar-refractivity contribution in [2.45, 2.75) is 39.4 Å². The van der Waals surface area contributed by atoms with Crippen molar-refractivity contribution in [1.29, 1.82) is 0 Å². The number of benzene rings is 2. The lowest BCUT2D eigenvalue weighted by atomic mass is 9.83. The first-order valence-corrected chi connectivity index (χ1v) is 11.0. The number of urea groups is 1. The first-order chi connectivity index (χ1) is 15.2. The maximum absolute atomic E-state index is 13.9. The number of fused-ring (bicyclic) bond motifs is 1. The number of hydrogen-bond donors (Lipinski definition) is 2. The van der Waals surface area contributed by atoms with Crippen LogP contribution in [-0.2, 0) is 4.79 Å². The summed E-state index contributed by atoms with van der Waals surface area (Å²) in [6.07, 6.45) is 3.68. The van der Waals surface area contributed by atoms with Crippen LogP contribution in [0.1, 0.15) is 37.8 Å². The molecule has 7 nitrogen and oxygen atoms in total. The monoisotopic (exact) mass is 433 g/mol. The Morgan fingerprint density at radius 2 is 1.91 bits per heavy atom. The van der Waals surface area contributed by atoms with Crippen LogP contribution >= 0.6 is 0 Å². The fraction of sp³-hybridized carbons (Fsp3) is 0.400. The van der Waals surface area contributed by atoms with Gasteiger partial charge in [0.1, 0.15) is 0 Å². The highest BCUT2D eigenvalue weighted by atomic mass is 16.2. The lowest BCUT2D eigenvalue weighted by Crippen LogP contribution is -2.70. The summed E-state index contributed by atoms with van der Waals surface area (Å²) in [5.41, 5.74) is 3.31. The number of hydrogen-bond acceptors (Lipinski definition) is 4. The smallest absolute Gasteiger partial charge is 0.310 e. The van der Waals surface area contributed by atoms with Crippen LogP contribution in [-0.4, -0.2) is 49.0 Å². The van der Waals surface area contributed by atoms with Gasteiger partial charge in [0.15, 0.2) is 0 Å². The van der Waals surface area contributed by atoms with E-state index in [1.54, 1.807) is 18.2 Å². The van der Waals surface area contributed by atoms with Crippen molar-refractivity contribution >= 4 is 29.5 Å². The van der Waals surface area contributed by atoms with Crippen molar-refractivity contribution in [2.24, 2.45) is 10.4 Å². The normalized spacial score (nSPS) is 22.8. The van der Waals surface area contributed by atoms with Gasteiger partial charge in [-0.05, 0) is 48.9 Å². The molecule has 3 amide bonds. The largest absolute Gasteiger partial charge is 0.322 e. The van der Waals surface area contributed by atoms with Crippen molar-refractivity contribution in [3.8, 4) is 0 Å². The van der Waals surface area contributed by atoms with E-state index in [0.717, 1.165) is 29.7 Å². The van der Waals surface area contributed by atoms with E-state index in [1.807, 2.05) is 60.4 Å². The average molecular weight is 434 g/mol. The molecule has 0 radical (unpaired) electrons. The topological polar surface area (TPSA) is 77.0 Å². The van der Waals surface area contributed by atoms with Gasteiger partial charge in [-0.15, -0.1) is 0 Å². The average Bonchev–Trinajstić information content (AvgIpc) is 2.84. The van der Waals surface area contributed by atoms with Crippen LogP contribution in [0.15, 0.2) is 53.5 Å². The van der Waals surface area contributed by atoms with Gasteiger partial charge in [-0.2, -0.15) is 0 Å². The molecule has 2 aromatic carbocycles. The first-order valence-electron chi connectivity index (χ1n) is 11.0. The third-order valence-electron chi connectivity index (χ3n) is 6.21. The molecule has 7 heteroatoms. The molecule has 0 saturated carbocycles. The highest BCUT2D eigenvalue weighted by Gasteiger charge is 2.50. The van der Waals surface area contributed by atoms with Crippen molar-refractivity contribution in [2.75, 3.05) is 30.4 Å². The van der Waals surface area contributed by atoms with Crippen molar-refractivity contribution in [3.05, 3.63) is 59.7 Å². The minimum atomic E-state index is -1.53. The molecule has 2 aliphatic rings. The van der Waals surface area contributed by atoms with Crippen LogP contribution in [0, 0.1) is 12.3 Å². The minimum Gasteiger partial charge on any atom is -0.310 e. The summed E-state index contributed by atoms with van der Waals surface area (Å²) in [7, 11) is 1.74. The number of carbonyl (C=O) groups is 2. The van der Waals surface area contributed by atoms with E-state index in [4.69, 9.17) is 4.99 Å². The van der Waals surface area contributed by atoms with Crippen molar-refractivity contribution in [3.63, 3.8) is 0 Å². The number of rotatable bonds is 3. The Morgan fingerprint density at radius 3 is 2.66 bits per heavy atom. The van der Waals surface area contributed by atoms with Gasteiger partial charge >= 0.3 is 6.03 Å². The Kier molecular flexibility index (Phi) is 5.77. The third kappa shape index (κ3) is 4.25. The van der Waals surface area contributed by atoms with Gasteiger partial charge < -0.3 is 10.2 Å². The number of aryl methyl sites for hydroxylation is 1. The SMILES string of the molecule is Cc1cccc(NC(=O)NC2(N3CCCC(C)(C)C3)N=Cc3ccccc3N(C)C2=O)c1. The van der Waals surface area contributed by atoms with Gasteiger partial charge in [-0.25, -0.2) is 9.79 Å². The number of para-hydroxylation sites is 1. The van der Waals surface area contributed by atoms with Crippen LogP contribution < -0.4 is 15.5 Å². The van der Waals surface area contributed by atoms with E-state index in [0.29, 0.717) is 18.8 Å². The highest BCUT2D eigenvalue weighted by molar-refractivity contribution is 6.08. The number of likely N-dealkylation sites (N-methyl/N-ethyl adjacent to an activating group) is 1. The summed E-state index contributed by atoms with van der Waals surface area (Å²) >= 11 is 0. The van der Waals surface area contributed by atoms with E-state index in [-0.39, 0.29) is 11.3 Å². The molecule has 1 fully saturated rings. The van der Waals surface area contributed by atoms with E-state index in [9.17, 15) is 9.59 Å². The van der Waals surface area contributed by atoms with E-state index in [2.05, 4.69) is 24.5 Å². The number of piperidine rings is 1. The lowest BCUT2D eigenvalue weighted by Gasteiger charge is -2.47. The Balaban J connectivity index is 1.72. The Hall–Kier alpha value is -3.19. The number of aliphatic imine (C=N–C) groups is 1. The predicted molar refractivity (Wildman–Crippen MR) is 128 cm³/mol. The van der Waals surface area contributed by atoms with Crippen molar-refractivity contribution < 1.29 is 9.59 Å². The van der Waals surface area contributed by atoms with Crippen LogP contribution in [0.4, 0.5) is 16.2 Å². The van der Waals surface area contributed by atoms with Crippen LogP contribution in [0.5, 0.6) is 0 Å². The molecule has 1 unspecified atom stereocenters. The molecule has 0 aromatic heterocycles. The zero-order chi connectivity index (χ0) is 22.9. The zero-order valence-corrected chi connectivity index (χ0v) is 19.2. The number of nitrogens with zero attached hydrogens (tertiary/aromatic N) is 3. The molecule has 2 heterocycles. The molecule has 1 saturated heterocycles. The molecule has 0 spiro atoms. The van der Waals surface area contributed by atoms with Gasteiger partial charge in [0.2, 0.25) is 0 Å². The van der Waals surface area contributed by atoms with E-state index >= 15 is 0 Å².